The molecule has 1 N–H and O–H groups in total. The summed E-state index contributed by atoms with van der Waals surface area (Å²) >= 11 is 1.82. The van der Waals surface area contributed by atoms with Crippen LogP contribution in [0.3, 0.4) is 0 Å². The van der Waals surface area contributed by atoms with Gasteiger partial charge in [-0.2, -0.15) is 0 Å². The topological polar surface area (TPSA) is 28.2 Å². The lowest BCUT2D eigenvalue weighted by atomic mass is 9.83. The summed E-state index contributed by atoms with van der Waals surface area (Å²) in [4.78, 5) is 7.29. The van der Waals surface area contributed by atoms with Gasteiger partial charge in [0.1, 0.15) is 5.01 Å². The quantitative estimate of drug-likeness (QED) is 0.916. The van der Waals surface area contributed by atoms with Crippen molar-refractivity contribution in [2.75, 3.05) is 19.6 Å². The molecule has 0 spiro atoms. The van der Waals surface area contributed by atoms with Crippen molar-refractivity contribution in [3.8, 4) is 0 Å². The minimum Gasteiger partial charge on any atom is -0.312 e. The molecule has 0 aromatic carbocycles. The van der Waals surface area contributed by atoms with Crippen molar-refractivity contribution in [1.82, 2.24) is 15.2 Å². The first-order chi connectivity index (χ1) is 10.4. The van der Waals surface area contributed by atoms with E-state index in [2.05, 4.69) is 27.5 Å². The van der Waals surface area contributed by atoms with E-state index in [0.717, 1.165) is 5.92 Å². The van der Waals surface area contributed by atoms with Crippen LogP contribution in [0.1, 0.15) is 62.9 Å². The number of nitrogens with zero attached hydrogens (tertiary/aromatic N) is 2. The fourth-order valence-corrected chi connectivity index (χ4v) is 4.96. The summed E-state index contributed by atoms with van der Waals surface area (Å²) < 4.78 is 0. The first-order valence-electron chi connectivity index (χ1n) is 8.75. The second kappa shape index (κ2) is 7.70. The minimum absolute atomic E-state index is 0.524. The molecule has 118 valence electrons. The van der Waals surface area contributed by atoms with Crippen LogP contribution in [0.4, 0.5) is 0 Å². The molecule has 4 heteroatoms. The van der Waals surface area contributed by atoms with Crippen LogP contribution in [0.5, 0.6) is 0 Å². The third-order valence-electron chi connectivity index (χ3n) is 5.24. The van der Waals surface area contributed by atoms with E-state index in [9.17, 15) is 0 Å². The van der Waals surface area contributed by atoms with Crippen LogP contribution < -0.4 is 5.32 Å². The molecule has 1 aliphatic heterocycles. The number of aromatic nitrogens is 1. The second-order valence-electron chi connectivity index (χ2n) is 6.60. The van der Waals surface area contributed by atoms with Crippen LogP contribution in [-0.2, 0) is 0 Å². The zero-order valence-electron chi connectivity index (χ0n) is 13.3. The minimum atomic E-state index is 0.524. The van der Waals surface area contributed by atoms with E-state index in [1.165, 1.54) is 69.6 Å². The Morgan fingerprint density at radius 1 is 1.33 bits per heavy atom. The van der Waals surface area contributed by atoms with E-state index < -0.39 is 0 Å². The third kappa shape index (κ3) is 3.85. The maximum Gasteiger partial charge on any atom is 0.110 e. The molecule has 0 radical (unpaired) electrons. The predicted octanol–water partition coefficient (Wildman–Crippen LogP) is 3.84. The lowest BCUT2D eigenvalue weighted by Gasteiger charge is -2.35. The van der Waals surface area contributed by atoms with Gasteiger partial charge in [-0.1, -0.05) is 26.2 Å². The number of nitrogens with one attached hydrogen (secondary N) is 1. The molecule has 2 heterocycles. The molecular weight excluding hydrogens is 278 g/mol. The van der Waals surface area contributed by atoms with Gasteiger partial charge in [-0.15, -0.1) is 11.3 Å². The van der Waals surface area contributed by atoms with Crippen molar-refractivity contribution >= 4 is 11.3 Å². The highest BCUT2D eigenvalue weighted by Crippen LogP contribution is 2.31. The predicted molar refractivity (Wildman–Crippen MR) is 89.7 cm³/mol. The van der Waals surface area contributed by atoms with E-state index >= 15 is 0 Å². The average Bonchev–Trinajstić information content (AvgIpc) is 2.94. The van der Waals surface area contributed by atoms with Gasteiger partial charge < -0.3 is 5.32 Å². The standard InChI is InChI=1S/C17H29N3S/c1-2-16(17-19-10-12-21-17)20-11-6-9-18-15(13-20)14-7-4-3-5-8-14/h10,12,14-16,18H,2-9,11,13H2,1H3. The molecule has 1 aromatic rings. The van der Waals surface area contributed by atoms with Crippen LogP contribution >= 0.6 is 11.3 Å². The number of hydrogen-bond acceptors (Lipinski definition) is 4. The van der Waals surface area contributed by atoms with Gasteiger partial charge in [-0.05, 0) is 38.1 Å². The molecule has 21 heavy (non-hydrogen) atoms. The Labute approximate surface area is 133 Å². The summed E-state index contributed by atoms with van der Waals surface area (Å²) in [6, 6.07) is 1.22. The number of hydrogen-bond donors (Lipinski definition) is 1. The highest BCUT2D eigenvalue weighted by molar-refractivity contribution is 7.09. The van der Waals surface area contributed by atoms with E-state index in [1.807, 2.05) is 17.5 Å². The molecule has 2 unspecified atom stereocenters. The van der Waals surface area contributed by atoms with Crippen LogP contribution in [-0.4, -0.2) is 35.6 Å². The van der Waals surface area contributed by atoms with Gasteiger partial charge in [0.25, 0.3) is 0 Å². The van der Waals surface area contributed by atoms with Crippen LogP contribution in [0, 0.1) is 5.92 Å². The highest BCUT2D eigenvalue weighted by atomic mass is 32.1. The molecule has 1 saturated heterocycles. The van der Waals surface area contributed by atoms with Gasteiger partial charge >= 0.3 is 0 Å². The zero-order valence-corrected chi connectivity index (χ0v) is 14.1. The fraction of sp³-hybridized carbons (Fsp3) is 0.824. The smallest absolute Gasteiger partial charge is 0.110 e. The van der Waals surface area contributed by atoms with Gasteiger partial charge in [0.05, 0.1) is 6.04 Å². The largest absolute Gasteiger partial charge is 0.312 e. The SMILES string of the molecule is CCC(c1nccs1)N1CCCNC(C2CCCCC2)C1. The molecule has 1 saturated carbocycles. The Balaban J connectivity index is 1.68. The monoisotopic (exact) mass is 307 g/mol. The first-order valence-corrected chi connectivity index (χ1v) is 9.63. The Morgan fingerprint density at radius 2 is 2.19 bits per heavy atom. The van der Waals surface area contributed by atoms with Gasteiger partial charge in [0.15, 0.2) is 0 Å². The Kier molecular flexibility index (Phi) is 5.67. The highest BCUT2D eigenvalue weighted by Gasteiger charge is 2.30. The van der Waals surface area contributed by atoms with Crippen molar-refractivity contribution in [1.29, 1.82) is 0 Å². The average molecular weight is 308 g/mol. The van der Waals surface area contributed by atoms with Gasteiger partial charge in [-0.25, -0.2) is 4.98 Å². The fourth-order valence-electron chi connectivity index (χ4n) is 4.10. The molecule has 0 bridgehead atoms. The number of thiazole rings is 1. The van der Waals surface area contributed by atoms with E-state index in [-0.39, 0.29) is 0 Å². The Hall–Kier alpha value is -0.450. The lowest BCUT2D eigenvalue weighted by Crippen LogP contribution is -2.44. The summed E-state index contributed by atoms with van der Waals surface area (Å²) in [6.07, 6.45) is 11.6. The molecule has 0 amide bonds. The summed E-state index contributed by atoms with van der Waals surface area (Å²) in [5.74, 6) is 0.896. The second-order valence-corrected chi connectivity index (χ2v) is 7.53. The van der Waals surface area contributed by atoms with Gasteiger partial charge in [0, 0.05) is 30.7 Å². The van der Waals surface area contributed by atoms with E-state index in [4.69, 9.17) is 0 Å². The number of rotatable bonds is 4. The summed E-state index contributed by atoms with van der Waals surface area (Å²) in [7, 11) is 0. The van der Waals surface area contributed by atoms with E-state index in [0.29, 0.717) is 12.1 Å². The van der Waals surface area contributed by atoms with Crippen molar-refractivity contribution in [3.05, 3.63) is 16.6 Å². The maximum atomic E-state index is 4.59. The summed E-state index contributed by atoms with van der Waals surface area (Å²) in [5.41, 5.74) is 0. The third-order valence-corrected chi connectivity index (χ3v) is 6.12. The van der Waals surface area contributed by atoms with Crippen molar-refractivity contribution < 1.29 is 0 Å². The Morgan fingerprint density at radius 3 is 2.90 bits per heavy atom. The molecule has 3 nitrogen and oxygen atoms in total. The lowest BCUT2D eigenvalue weighted by molar-refractivity contribution is 0.158. The van der Waals surface area contributed by atoms with Crippen LogP contribution in [0.25, 0.3) is 0 Å². The van der Waals surface area contributed by atoms with Crippen LogP contribution in [0.15, 0.2) is 11.6 Å². The Bertz CT molecular complexity index is 400. The zero-order chi connectivity index (χ0) is 14.5. The van der Waals surface area contributed by atoms with Crippen molar-refractivity contribution in [3.63, 3.8) is 0 Å². The molecule has 1 aliphatic carbocycles. The molecule has 3 rings (SSSR count). The summed E-state index contributed by atoms with van der Waals surface area (Å²) in [5, 5.41) is 7.27. The molecule has 2 aliphatic rings. The maximum absolute atomic E-state index is 4.59. The van der Waals surface area contributed by atoms with Crippen LogP contribution in [0.2, 0.25) is 0 Å². The molecule has 2 atom stereocenters. The molecule has 2 fully saturated rings. The summed E-state index contributed by atoms with van der Waals surface area (Å²) in [6.45, 7) is 5.92. The van der Waals surface area contributed by atoms with Gasteiger partial charge in [0.2, 0.25) is 0 Å². The molecular formula is C17H29N3S. The van der Waals surface area contributed by atoms with E-state index in [1.54, 1.807) is 0 Å². The van der Waals surface area contributed by atoms with Gasteiger partial charge in [-0.3, -0.25) is 4.90 Å². The first kappa shape index (κ1) is 15.4. The van der Waals surface area contributed by atoms with Crippen molar-refractivity contribution in [2.45, 2.75) is 64.0 Å². The molecule has 1 aromatic heterocycles. The normalized spacial score (nSPS) is 27.4. The van der Waals surface area contributed by atoms with Crippen molar-refractivity contribution in [2.24, 2.45) is 5.92 Å².